The molecule has 0 spiro atoms. The molecule has 0 N–H and O–H groups in total. The largest absolute Gasteiger partial charge is 0.0625 e. The van der Waals surface area contributed by atoms with E-state index in [-0.39, 0.29) is 0 Å². The number of rotatable bonds is 1. The quantitative estimate of drug-likeness (QED) is 0.586. The van der Waals surface area contributed by atoms with Gasteiger partial charge in [0.2, 0.25) is 0 Å². The zero-order valence-corrected chi connectivity index (χ0v) is 9.71. The van der Waals surface area contributed by atoms with E-state index in [1.807, 2.05) is 0 Å². The summed E-state index contributed by atoms with van der Waals surface area (Å²) < 4.78 is 0. The van der Waals surface area contributed by atoms with Gasteiger partial charge < -0.3 is 0 Å². The smallest absolute Gasteiger partial charge is 0.0349 e. The minimum Gasteiger partial charge on any atom is -0.0625 e. The fourth-order valence-electron chi connectivity index (χ4n) is 5.06. The van der Waals surface area contributed by atoms with E-state index in [4.69, 9.17) is 0 Å². The second-order valence-corrected chi connectivity index (χ2v) is 6.42. The predicted molar refractivity (Wildman–Crippen MR) is 60.0 cm³/mol. The van der Waals surface area contributed by atoms with Gasteiger partial charge in [0.1, 0.15) is 0 Å². The Labute approximate surface area is 88.5 Å². The van der Waals surface area contributed by atoms with E-state index in [1.54, 1.807) is 25.7 Å². The fraction of sp³-hybridized carbons (Fsp3) is 1.00. The molecule has 0 heteroatoms. The molecule has 2 bridgehead atoms. The lowest BCUT2D eigenvalue weighted by atomic mass is 9.65. The average molecular weight is 192 g/mol. The van der Waals surface area contributed by atoms with Crippen LogP contribution >= 0.6 is 0 Å². The third kappa shape index (κ3) is 1.19. The lowest BCUT2D eigenvalue weighted by Gasteiger charge is -2.40. The summed E-state index contributed by atoms with van der Waals surface area (Å²) >= 11 is 0. The van der Waals surface area contributed by atoms with Gasteiger partial charge in [0.05, 0.1) is 0 Å². The average Bonchev–Trinajstić information content (AvgIpc) is 2.75. The van der Waals surface area contributed by atoms with Gasteiger partial charge in [-0.3, -0.25) is 0 Å². The van der Waals surface area contributed by atoms with E-state index >= 15 is 0 Å². The number of fused-ring (bicyclic) bond motifs is 5. The summed E-state index contributed by atoms with van der Waals surface area (Å²) in [7, 11) is 0. The van der Waals surface area contributed by atoms with Gasteiger partial charge in [-0.15, -0.1) is 0 Å². The molecule has 3 saturated carbocycles. The van der Waals surface area contributed by atoms with Crippen LogP contribution in [0.5, 0.6) is 0 Å². The van der Waals surface area contributed by atoms with E-state index in [2.05, 4.69) is 13.8 Å². The lowest BCUT2D eigenvalue weighted by molar-refractivity contribution is 0.0929. The van der Waals surface area contributed by atoms with Gasteiger partial charge >= 0.3 is 0 Å². The van der Waals surface area contributed by atoms with E-state index in [1.165, 1.54) is 18.8 Å². The molecule has 5 unspecified atom stereocenters. The zero-order valence-electron chi connectivity index (χ0n) is 9.71. The molecule has 0 heterocycles. The highest BCUT2D eigenvalue weighted by Crippen LogP contribution is 2.61. The van der Waals surface area contributed by atoms with Crippen molar-refractivity contribution in [3.8, 4) is 0 Å². The maximum absolute atomic E-state index is 2.45. The van der Waals surface area contributed by atoms with Crippen molar-refractivity contribution in [3.05, 3.63) is 0 Å². The van der Waals surface area contributed by atoms with Crippen molar-refractivity contribution in [2.24, 2.45) is 35.5 Å². The van der Waals surface area contributed by atoms with Crippen LogP contribution in [0.1, 0.15) is 52.4 Å². The third-order valence-corrected chi connectivity index (χ3v) is 5.59. The summed E-state index contributed by atoms with van der Waals surface area (Å²) in [5.41, 5.74) is 0. The van der Waals surface area contributed by atoms with Crippen LogP contribution in [0, 0.1) is 35.5 Å². The maximum Gasteiger partial charge on any atom is -0.0349 e. The van der Waals surface area contributed by atoms with Gasteiger partial charge in [0.15, 0.2) is 0 Å². The highest BCUT2D eigenvalue weighted by molar-refractivity contribution is 5.02. The Balaban J connectivity index is 1.78. The van der Waals surface area contributed by atoms with Crippen molar-refractivity contribution >= 4 is 0 Å². The first-order chi connectivity index (χ1) is 6.77. The normalized spacial score (nSPS) is 51.2. The monoisotopic (exact) mass is 192 g/mol. The first-order valence-electron chi connectivity index (χ1n) is 6.77. The number of hydrogen-bond donors (Lipinski definition) is 0. The molecule has 0 radical (unpaired) electrons. The van der Waals surface area contributed by atoms with Gasteiger partial charge in [0.25, 0.3) is 0 Å². The maximum atomic E-state index is 2.45. The Morgan fingerprint density at radius 1 is 0.857 bits per heavy atom. The lowest BCUT2D eigenvalue weighted by Crippen LogP contribution is -2.32. The van der Waals surface area contributed by atoms with Crippen molar-refractivity contribution in [1.29, 1.82) is 0 Å². The standard InChI is InChI=1S/C14H24/c1-9(2)13-7-10-8-14(13)12-6-4-3-5-11(10)12/h9-14H,3-8H2,1-2H3. The van der Waals surface area contributed by atoms with Crippen LogP contribution in [0.4, 0.5) is 0 Å². The molecule has 0 aromatic heterocycles. The molecule has 0 aromatic carbocycles. The second kappa shape index (κ2) is 3.25. The highest BCUT2D eigenvalue weighted by atomic mass is 14.6. The topological polar surface area (TPSA) is 0 Å². The summed E-state index contributed by atoms with van der Waals surface area (Å²) in [5, 5.41) is 0. The van der Waals surface area contributed by atoms with Crippen molar-refractivity contribution in [3.63, 3.8) is 0 Å². The molecule has 0 saturated heterocycles. The van der Waals surface area contributed by atoms with Gasteiger partial charge in [-0.05, 0) is 61.2 Å². The van der Waals surface area contributed by atoms with Crippen molar-refractivity contribution in [2.75, 3.05) is 0 Å². The molecule has 0 amide bonds. The first-order valence-corrected chi connectivity index (χ1v) is 6.77. The van der Waals surface area contributed by atoms with E-state index in [0.717, 1.165) is 29.6 Å². The van der Waals surface area contributed by atoms with Crippen LogP contribution in [-0.2, 0) is 0 Å². The summed E-state index contributed by atoms with van der Waals surface area (Å²) in [6.45, 7) is 4.90. The van der Waals surface area contributed by atoms with Crippen LogP contribution in [0.25, 0.3) is 0 Å². The molecule has 14 heavy (non-hydrogen) atoms. The molecule has 3 aliphatic rings. The molecular weight excluding hydrogens is 168 g/mol. The van der Waals surface area contributed by atoms with Gasteiger partial charge in [-0.25, -0.2) is 0 Å². The fourth-order valence-corrected chi connectivity index (χ4v) is 5.06. The molecule has 0 aliphatic heterocycles. The Kier molecular flexibility index (Phi) is 2.15. The summed E-state index contributed by atoms with van der Waals surface area (Å²) in [4.78, 5) is 0. The van der Waals surface area contributed by atoms with E-state index in [0.29, 0.717) is 0 Å². The Hall–Kier alpha value is 0. The summed E-state index contributed by atoms with van der Waals surface area (Å²) in [6, 6.07) is 0. The molecular formula is C14H24. The van der Waals surface area contributed by atoms with E-state index < -0.39 is 0 Å². The highest BCUT2D eigenvalue weighted by Gasteiger charge is 2.52. The SMILES string of the molecule is CC(C)C1CC2CC1C1CCCCC21. The Bertz CT molecular complexity index is 218. The minimum atomic E-state index is 0.952. The van der Waals surface area contributed by atoms with Crippen LogP contribution in [0.2, 0.25) is 0 Å². The number of hydrogen-bond acceptors (Lipinski definition) is 0. The molecule has 5 atom stereocenters. The molecule has 0 aromatic rings. The second-order valence-electron chi connectivity index (χ2n) is 6.42. The molecule has 0 nitrogen and oxygen atoms in total. The van der Waals surface area contributed by atoms with Crippen LogP contribution in [0.15, 0.2) is 0 Å². The van der Waals surface area contributed by atoms with E-state index in [9.17, 15) is 0 Å². The van der Waals surface area contributed by atoms with Crippen LogP contribution in [-0.4, -0.2) is 0 Å². The third-order valence-electron chi connectivity index (χ3n) is 5.59. The first kappa shape index (κ1) is 9.24. The van der Waals surface area contributed by atoms with Gasteiger partial charge in [-0.1, -0.05) is 26.7 Å². The Morgan fingerprint density at radius 2 is 1.57 bits per heavy atom. The molecule has 80 valence electrons. The summed E-state index contributed by atoms with van der Waals surface area (Å²) in [5.74, 6) is 6.67. The minimum absolute atomic E-state index is 0.952. The zero-order chi connectivity index (χ0) is 9.71. The summed E-state index contributed by atoms with van der Waals surface area (Å²) in [6.07, 6.45) is 9.43. The molecule has 3 fully saturated rings. The van der Waals surface area contributed by atoms with Crippen LogP contribution < -0.4 is 0 Å². The van der Waals surface area contributed by atoms with Crippen molar-refractivity contribution in [2.45, 2.75) is 52.4 Å². The van der Waals surface area contributed by atoms with Crippen molar-refractivity contribution in [1.82, 2.24) is 0 Å². The molecule has 3 rings (SSSR count). The predicted octanol–water partition coefficient (Wildman–Crippen LogP) is 4.10. The van der Waals surface area contributed by atoms with Crippen LogP contribution in [0.3, 0.4) is 0 Å². The van der Waals surface area contributed by atoms with Crippen molar-refractivity contribution < 1.29 is 0 Å². The van der Waals surface area contributed by atoms with Gasteiger partial charge in [-0.2, -0.15) is 0 Å². The molecule has 3 aliphatic carbocycles. The van der Waals surface area contributed by atoms with Gasteiger partial charge in [0, 0.05) is 0 Å². The Morgan fingerprint density at radius 3 is 2.29 bits per heavy atom.